The lowest BCUT2D eigenvalue weighted by molar-refractivity contribution is -0.277. The van der Waals surface area contributed by atoms with E-state index in [0.29, 0.717) is 11.6 Å². The molecule has 3 aromatic rings. The van der Waals surface area contributed by atoms with Crippen molar-refractivity contribution in [1.82, 2.24) is 20.1 Å². The van der Waals surface area contributed by atoms with Gasteiger partial charge in [0, 0.05) is 13.1 Å². The summed E-state index contributed by atoms with van der Waals surface area (Å²) in [6.07, 6.45) is -10.9. The predicted octanol–water partition coefficient (Wildman–Crippen LogP) is 5.01. The van der Waals surface area contributed by atoms with E-state index in [1.54, 1.807) is 18.2 Å². The molecule has 2 aromatic heterocycles. The molecule has 1 aliphatic heterocycles. The number of amides is 1. The number of carbonyl (C=O) groups excluding carboxylic acids is 1. The standard InChI is InChI=1S/C24H23F6N5O3/c1-13-6-5-7-14(10-13)12-35-9-4-2-3-8-22(37,24(28,29)30)21-34-33-19(38-21)18-16(31)11-15(23(25,26)27)17(32-18)20(35)36/h5-7,10-11,37H,2-4,8-9,12,31H2,1H3/t22-/m1/s1. The van der Waals surface area contributed by atoms with Crippen LogP contribution in [-0.2, 0) is 18.3 Å². The van der Waals surface area contributed by atoms with E-state index < -0.39 is 64.7 Å². The van der Waals surface area contributed by atoms with Crippen molar-refractivity contribution in [1.29, 1.82) is 0 Å². The average molecular weight is 543 g/mol. The number of nitrogen functional groups attached to an aromatic ring is 1. The van der Waals surface area contributed by atoms with Crippen molar-refractivity contribution in [2.24, 2.45) is 0 Å². The Kier molecular flexibility index (Phi) is 7.12. The molecule has 0 unspecified atom stereocenters. The molecular formula is C24H23F6N5O3. The number of halogens is 6. The molecule has 14 heteroatoms. The monoisotopic (exact) mass is 543 g/mol. The van der Waals surface area contributed by atoms with Crippen LogP contribution in [0.5, 0.6) is 0 Å². The molecule has 0 aliphatic carbocycles. The van der Waals surface area contributed by atoms with E-state index in [0.717, 1.165) is 10.5 Å². The summed E-state index contributed by atoms with van der Waals surface area (Å²) in [5.74, 6) is -3.03. The number of aryl methyl sites for hydroxylation is 1. The van der Waals surface area contributed by atoms with Gasteiger partial charge in [-0.05, 0) is 37.8 Å². The zero-order valence-corrected chi connectivity index (χ0v) is 20.0. The Labute approximate surface area is 212 Å². The maximum Gasteiger partial charge on any atom is 0.426 e. The summed E-state index contributed by atoms with van der Waals surface area (Å²) in [5, 5.41) is 17.2. The lowest BCUT2D eigenvalue weighted by atomic mass is 9.95. The summed E-state index contributed by atoms with van der Waals surface area (Å²) >= 11 is 0. The van der Waals surface area contributed by atoms with Crippen molar-refractivity contribution in [2.75, 3.05) is 12.3 Å². The van der Waals surface area contributed by atoms with Gasteiger partial charge in [0.05, 0.1) is 11.3 Å². The highest BCUT2D eigenvalue weighted by molar-refractivity contribution is 5.95. The third-order valence-corrected chi connectivity index (χ3v) is 6.22. The van der Waals surface area contributed by atoms with Crippen LogP contribution in [0.4, 0.5) is 32.0 Å². The van der Waals surface area contributed by atoms with E-state index in [-0.39, 0.29) is 32.4 Å². The van der Waals surface area contributed by atoms with E-state index in [1.807, 2.05) is 13.0 Å². The van der Waals surface area contributed by atoms with E-state index in [9.17, 15) is 36.2 Å². The number of pyridine rings is 1. The average Bonchev–Trinajstić information content (AvgIpc) is 3.31. The first-order chi connectivity index (χ1) is 17.7. The summed E-state index contributed by atoms with van der Waals surface area (Å²) in [7, 11) is 0. The van der Waals surface area contributed by atoms with Gasteiger partial charge in [-0.2, -0.15) is 26.3 Å². The second-order valence-electron chi connectivity index (χ2n) is 9.12. The Morgan fingerprint density at radius 2 is 1.82 bits per heavy atom. The molecule has 0 saturated heterocycles. The van der Waals surface area contributed by atoms with Crippen molar-refractivity contribution in [2.45, 2.75) is 57.1 Å². The van der Waals surface area contributed by atoms with Crippen LogP contribution < -0.4 is 5.73 Å². The number of aliphatic hydroxyl groups is 1. The highest BCUT2D eigenvalue weighted by Crippen LogP contribution is 2.43. The van der Waals surface area contributed by atoms with Gasteiger partial charge in [0.25, 0.3) is 17.7 Å². The van der Waals surface area contributed by atoms with Crippen molar-refractivity contribution in [3.63, 3.8) is 0 Å². The quantitative estimate of drug-likeness (QED) is 0.437. The number of nitrogens with two attached hydrogens (primary N) is 1. The summed E-state index contributed by atoms with van der Waals surface area (Å²) in [4.78, 5) is 18.4. The first-order valence-corrected chi connectivity index (χ1v) is 11.6. The highest BCUT2D eigenvalue weighted by atomic mass is 19.4. The van der Waals surface area contributed by atoms with Crippen LogP contribution in [0.3, 0.4) is 0 Å². The Morgan fingerprint density at radius 3 is 2.47 bits per heavy atom. The van der Waals surface area contributed by atoms with E-state index in [4.69, 9.17) is 10.2 Å². The number of hydrogen-bond acceptors (Lipinski definition) is 7. The topological polar surface area (TPSA) is 118 Å². The van der Waals surface area contributed by atoms with Crippen LogP contribution in [0.25, 0.3) is 11.6 Å². The fourth-order valence-corrected chi connectivity index (χ4v) is 4.23. The van der Waals surface area contributed by atoms with Crippen molar-refractivity contribution in [3.8, 4) is 11.6 Å². The van der Waals surface area contributed by atoms with E-state index in [1.165, 1.54) is 0 Å². The van der Waals surface area contributed by atoms with Crippen LogP contribution in [0.1, 0.15) is 58.8 Å². The number of hydrogen-bond donors (Lipinski definition) is 2. The molecule has 0 fully saturated rings. The Balaban J connectivity index is 1.88. The van der Waals surface area contributed by atoms with Crippen molar-refractivity contribution < 1.29 is 40.7 Å². The lowest BCUT2D eigenvalue weighted by Gasteiger charge is -2.27. The second kappa shape index (κ2) is 9.89. The van der Waals surface area contributed by atoms with E-state index in [2.05, 4.69) is 15.2 Å². The maximum absolute atomic E-state index is 13.9. The zero-order chi connectivity index (χ0) is 27.9. The predicted molar refractivity (Wildman–Crippen MR) is 121 cm³/mol. The molecule has 4 rings (SSSR count). The van der Waals surface area contributed by atoms with Gasteiger partial charge in [0.2, 0.25) is 5.60 Å². The molecule has 204 valence electrons. The summed E-state index contributed by atoms with van der Waals surface area (Å²) in [6, 6.07) is 7.44. The first-order valence-electron chi connectivity index (χ1n) is 11.6. The van der Waals surface area contributed by atoms with Gasteiger partial charge in [-0.15, -0.1) is 10.2 Å². The van der Waals surface area contributed by atoms with Crippen LogP contribution >= 0.6 is 0 Å². The van der Waals surface area contributed by atoms with Gasteiger partial charge >= 0.3 is 12.4 Å². The smallest absolute Gasteiger partial charge is 0.416 e. The number of rotatable bonds is 2. The third kappa shape index (κ3) is 5.30. The van der Waals surface area contributed by atoms with Crippen LogP contribution in [0, 0.1) is 6.92 Å². The Bertz CT molecular complexity index is 1340. The number of benzene rings is 1. The number of alkyl halides is 6. The molecule has 0 spiro atoms. The van der Waals surface area contributed by atoms with Crippen molar-refractivity contribution in [3.05, 3.63) is 58.6 Å². The molecule has 8 nitrogen and oxygen atoms in total. The van der Waals surface area contributed by atoms with Crippen LogP contribution in [0.15, 0.2) is 34.7 Å². The molecule has 1 atom stereocenters. The molecule has 3 heterocycles. The van der Waals surface area contributed by atoms with Gasteiger partial charge in [-0.1, -0.05) is 36.2 Å². The normalized spacial score (nSPS) is 19.4. The molecule has 1 amide bonds. The molecule has 0 saturated carbocycles. The zero-order valence-electron chi connectivity index (χ0n) is 20.0. The van der Waals surface area contributed by atoms with Gasteiger partial charge in [0.15, 0.2) is 5.69 Å². The molecular weight excluding hydrogens is 520 g/mol. The SMILES string of the molecule is Cc1cccc(CN2CCCCC[C@](O)(C(F)(F)F)c3nnc(o3)-c3nc(c(C(F)(F)F)cc3N)C2=O)c1. The molecule has 3 N–H and O–H groups in total. The second-order valence-corrected chi connectivity index (χ2v) is 9.12. The molecule has 1 aliphatic rings. The summed E-state index contributed by atoms with van der Waals surface area (Å²) in [5.41, 5.74) is 0.0359. The number of carbonyl (C=O) groups is 1. The Morgan fingerprint density at radius 1 is 1.08 bits per heavy atom. The van der Waals surface area contributed by atoms with E-state index >= 15 is 0 Å². The van der Waals surface area contributed by atoms with Gasteiger partial charge in [-0.25, -0.2) is 4.98 Å². The number of nitrogens with zero attached hydrogens (tertiary/aromatic N) is 4. The number of anilines is 1. The largest absolute Gasteiger partial charge is 0.426 e. The maximum atomic E-state index is 13.9. The fraction of sp³-hybridized carbons (Fsp3) is 0.417. The molecule has 0 radical (unpaired) electrons. The minimum absolute atomic E-state index is 0.0730. The van der Waals surface area contributed by atoms with Crippen LogP contribution in [0.2, 0.25) is 0 Å². The van der Waals surface area contributed by atoms with Crippen LogP contribution in [-0.4, -0.2) is 43.8 Å². The summed E-state index contributed by atoms with van der Waals surface area (Å²) in [6.45, 7) is 1.66. The minimum Gasteiger partial charge on any atom is -0.416 e. The summed E-state index contributed by atoms with van der Waals surface area (Å²) < 4.78 is 88.4. The van der Waals surface area contributed by atoms with Gasteiger partial charge in [0.1, 0.15) is 5.69 Å². The lowest BCUT2D eigenvalue weighted by Crippen LogP contribution is -2.42. The van der Waals surface area contributed by atoms with Gasteiger partial charge < -0.3 is 20.2 Å². The first kappa shape index (κ1) is 27.4. The highest BCUT2D eigenvalue weighted by Gasteiger charge is 2.58. The molecule has 38 heavy (non-hydrogen) atoms. The fourth-order valence-electron chi connectivity index (χ4n) is 4.23. The Hall–Kier alpha value is -3.68. The molecule has 4 bridgehead atoms. The van der Waals surface area contributed by atoms with Gasteiger partial charge in [-0.3, -0.25) is 4.79 Å². The number of aromatic nitrogens is 3. The number of fused-ring (bicyclic) bond motifs is 5. The molecule has 1 aromatic carbocycles. The van der Waals surface area contributed by atoms with Crippen molar-refractivity contribution >= 4 is 11.6 Å². The minimum atomic E-state index is -5.19. The third-order valence-electron chi connectivity index (χ3n) is 6.22.